The lowest BCUT2D eigenvalue weighted by Crippen LogP contribution is -2.17. The molecule has 0 saturated heterocycles. The Hall–Kier alpha value is -3.68. The van der Waals surface area contributed by atoms with E-state index in [0.717, 1.165) is 0 Å². The molecule has 0 unspecified atom stereocenters. The molecule has 2 heterocycles. The first-order valence-corrected chi connectivity index (χ1v) is 8.22. The minimum Gasteiger partial charge on any atom is -0.408 e. The molecule has 0 aliphatic carbocycles. The van der Waals surface area contributed by atoms with E-state index < -0.39 is 11.6 Å². The number of carbonyl (C=O) groups excluding carboxylic acids is 1. The molecule has 0 saturated carbocycles. The van der Waals surface area contributed by atoms with Crippen LogP contribution in [0.25, 0.3) is 22.0 Å². The molecular weight excluding hydrogens is 353 g/mol. The van der Waals surface area contributed by atoms with Crippen LogP contribution in [-0.4, -0.2) is 15.9 Å². The van der Waals surface area contributed by atoms with Gasteiger partial charge in [-0.1, -0.05) is 0 Å². The topological polar surface area (TPSA) is 108 Å². The number of nitrogens with one attached hydrogen (secondary N) is 3. The Balaban J connectivity index is 1.47. The van der Waals surface area contributed by atoms with Gasteiger partial charge in [0.15, 0.2) is 5.58 Å². The maximum absolute atomic E-state index is 13.2. The van der Waals surface area contributed by atoms with Crippen molar-refractivity contribution < 1.29 is 13.6 Å². The molecule has 0 atom stereocenters. The average Bonchev–Trinajstić information content (AvgIpc) is 2.99. The van der Waals surface area contributed by atoms with Crippen molar-refractivity contribution in [3.8, 4) is 0 Å². The first-order valence-electron chi connectivity index (χ1n) is 8.22. The molecule has 4 aromatic rings. The maximum Gasteiger partial charge on any atom is 0.417 e. The van der Waals surface area contributed by atoms with Gasteiger partial charge in [0.25, 0.3) is 5.56 Å². The number of amides is 1. The molecule has 27 heavy (non-hydrogen) atoms. The molecule has 0 aliphatic rings. The van der Waals surface area contributed by atoms with Crippen LogP contribution < -0.4 is 16.6 Å². The van der Waals surface area contributed by atoms with Gasteiger partial charge in [0.2, 0.25) is 5.91 Å². The van der Waals surface area contributed by atoms with Crippen LogP contribution in [-0.2, 0) is 11.2 Å². The number of rotatable bonds is 4. The summed E-state index contributed by atoms with van der Waals surface area (Å²) < 4.78 is 18.1. The predicted octanol–water partition coefficient (Wildman–Crippen LogP) is 2.67. The van der Waals surface area contributed by atoms with Gasteiger partial charge in [0.05, 0.1) is 11.0 Å². The lowest BCUT2D eigenvalue weighted by Gasteiger charge is -2.06. The number of benzene rings is 2. The van der Waals surface area contributed by atoms with E-state index in [9.17, 15) is 18.8 Å². The average molecular weight is 367 g/mol. The Kier molecular flexibility index (Phi) is 4.08. The van der Waals surface area contributed by atoms with Gasteiger partial charge in [0.1, 0.15) is 5.82 Å². The molecule has 8 heteroatoms. The SMILES string of the molecule is O=C(CCc1cc2ccc(F)cc2[nH]c1=O)Nc1ccc2oc(=O)[nH]c2c1. The molecule has 3 N–H and O–H groups in total. The van der Waals surface area contributed by atoms with Crippen LogP contribution in [0.3, 0.4) is 0 Å². The summed E-state index contributed by atoms with van der Waals surface area (Å²) in [6.45, 7) is 0. The summed E-state index contributed by atoms with van der Waals surface area (Å²) in [7, 11) is 0. The van der Waals surface area contributed by atoms with Gasteiger partial charge < -0.3 is 14.7 Å². The zero-order chi connectivity index (χ0) is 19.0. The van der Waals surface area contributed by atoms with Crippen molar-refractivity contribution in [1.82, 2.24) is 9.97 Å². The molecule has 0 radical (unpaired) electrons. The minimum absolute atomic E-state index is 0.0930. The van der Waals surface area contributed by atoms with Crippen LogP contribution in [0.1, 0.15) is 12.0 Å². The van der Waals surface area contributed by atoms with Gasteiger partial charge in [-0.2, -0.15) is 0 Å². The fourth-order valence-corrected chi connectivity index (χ4v) is 2.91. The summed E-state index contributed by atoms with van der Waals surface area (Å²) in [5, 5.41) is 3.41. The molecular formula is C19H14FN3O4. The van der Waals surface area contributed by atoms with Crippen molar-refractivity contribution in [2.24, 2.45) is 0 Å². The summed E-state index contributed by atoms with van der Waals surface area (Å²) in [6.07, 6.45) is 0.328. The molecule has 2 aromatic heterocycles. The highest BCUT2D eigenvalue weighted by Gasteiger charge is 2.09. The molecule has 1 amide bonds. The highest BCUT2D eigenvalue weighted by atomic mass is 19.1. The first-order chi connectivity index (χ1) is 13.0. The minimum atomic E-state index is -0.566. The fourth-order valence-electron chi connectivity index (χ4n) is 2.91. The van der Waals surface area contributed by atoms with E-state index in [1.54, 1.807) is 30.3 Å². The summed E-state index contributed by atoms with van der Waals surface area (Å²) in [6, 6.07) is 10.6. The zero-order valence-corrected chi connectivity index (χ0v) is 14.0. The number of carbonyl (C=O) groups is 1. The quantitative estimate of drug-likeness (QED) is 0.515. The highest BCUT2D eigenvalue weighted by molar-refractivity contribution is 5.92. The number of anilines is 1. The molecule has 0 aliphatic heterocycles. The van der Waals surface area contributed by atoms with Crippen molar-refractivity contribution >= 4 is 33.6 Å². The normalized spacial score (nSPS) is 11.1. The van der Waals surface area contributed by atoms with E-state index in [-0.39, 0.29) is 24.3 Å². The van der Waals surface area contributed by atoms with Crippen LogP contribution in [0.5, 0.6) is 0 Å². The van der Waals surface area contributed by atoms with E-state index in [4.69, 9.17) is 4.42 Å². The maximum atomic E-state index is 13.2. The summed E-state index contributed by atoms with van der Waals surface area (Å²) in [5.74, 6) is -1.27. The molecule has 136 valence electrons. The summed E-state index contributed by atoms with van der Waals surface area (Å²) in [5.41, 5.74) is 1.90. The van der Waals surface area contributed by atoms with Crippen molar-refractivity contribution in [3.05, 3.63) is 74.7 Å². The number of hydrogen-bond acceptors (Lipinski definition) is 4. The third-order valence-electron chi connectivity index (χ3n) is 4.21. The number of hydrogen-bond donors (Lipinski definition) is 3. The summed E-state index contributed by atoms with van der Waals surface area (Å²) in [4.78, 5) is 40.6. The third kappa shape index (κ3) is 3.50. The number of H-pyrrole nitrogens is 2. The van der Waals surface area contributed by atoms with E-state index >= 15 is 0 Å². The van der Waals surface area contributed by atoms with Crippen LogP contribution in [0, 0.1) is 5.82 Å². The standard InChI is InChI=1S/C19H14FN3O4/c20-12-3-1-10-7-11(18(25)22-14(10)8-12)2-6-17(24)21-13-4-5-16-15(9-13)23-19(26)27-16/h1,3-5,7-9H,2,6H2,(H,21,24)(H,22,25)(H,23,26). The van der Waals surface area contributed by atoms with E-state index in [0.29, 0.717) is 33.3 Å². The van der Waals surface area contributed by atoms with Crippen LogP contribution in [0.4, 0.5) is 10.1 Å². The second kappa shape index (κ2) is 6.56. The van der Waals surface area contributed by atoms with E-state index in [1.165, 1.54) is 12.1 Å². The first kappa shape index (κ1) is 16.8. The number of aromatic amines is 2. The molecule has 0 spiro atoms. The lowest BCUT2D eigenvalue weighted by atomic mass is 10.1. The number of oxazole rings is 1. The van der Waals surface area contributed by atoms with Crippen LogP contribution in [0.15, 0.2) is 56.5 Å². The molecule has 2 aromatic carbocycles. The molecule has 0 fully saturated rings. The summed E-state index contributed by atoms with van der Waals surface area (Å²) >= 11 is 0. The van der Waals surface area contributed by atoms with Gasteiger partial charge in [-0.15, -0.1) is 0 Å². The predicted molar refractivity (Wildman–Crippen MR) is 98.3 cm³/mol. The fraction of sp³-hybridized carbons (Fsp3) is 0.105. The Morgan fingerprint density at radius 1 is 1.04 bits per heavy atom. The van der Waals surface area contributed by atoms with Crippen molar-refractivity contribution in [2.75, 3.05) is 5.32 Å². The monoisotopic (exact) mass is 367 g/mol. The zero-order valence-electron chi connectivity index (χ0n) is 14.0. The molecule has 7 nitrogen and oxygen atoms in total. The van der Waals surface area contributed by atoms with Crippen molar-refractivity contribution in [3.63, 3.8) is 0 Å². The molecule has 0 bridgehead atoms. The van der Waals surface area contributed by atoms with Gasteiger partial charge in [0, 0.05) is 17.7 Å². The number of pyridine rings is 1. The second-order valence-electron chi connectivity index (χ2n) is 6.13. The highest BCUT2D eigenvalue weighted by Crippen LogP contribution is 2.17. The van der Waals surface area contributed by atoms with Crippen molar-refractivity contribution in [2.45, 2.75) is 12.8 Å². The Morgan fingerprint density at radius 3 is 2.74 bits per heavy atom. The number of aromatic nitrogens is 2. The third-order valence-corrected chi connectivity index (χ3v) is 4.21. The smallest absolute Gasteiger partial charge is 0.408 e. The number of aryl methyl sites for hydroxylation is 1. The van der Waals surface area contributed by atoms with Gasteiger partial charge in [-0.3, -0.25) is 14.6 Å². The largest absolute Gasteiger partial charge is 0.417 e. The van der Waals surface area contributed by atoms with Crippen LogP contribution in [0.2, 0.25) is 0 Å². The Bertz CT molecular complexity index is 1290. The van der Waals surface area contributed by atoms with E-state index in [2.05, 4.69) is 15.3 Å². The Labute approximate surface area is 150 Å². The van der Waals surface area contributed by atoms with Gasteiger partial charge in [-0.25, -0.2) is 9.18 Å². The van der Waals surface area contributed by atoms with Gasteiger partial charge >= 0.3 is 5.76 Å². The number of halogens is 1. The molecule has 4 rings (SSSR count). The second-order valence-corrected chi connectivity index (χ2v) is 6.13. The lowest BCUT2D eigenvalue weighted by molar-refractivity contribution is -0.116. The Morgan fingerprint density at radius 2 is 1.89 bits per heavy atom. The van der Waals surface area contributed by atoms with Crippen molar-refractivity contribution in [1.29, 1.82) is 0 Å². The van der Waals surface area contributed by atoms with Crippen LogP contribution >= 0.6 is 0 Å². The number of fused-ring (bicyclic) bond motifs is 2. The van der Waals surface area contributed by atoms with E-state index in [1.807, 2.05) is 0 Å². The van der Waals surface area contributed by atoms with Gasteiger partial charge in [-0.05, 0) is 54.3 Å².